The van der Waals surface area contributed by atoms with Gasteiger partial charge in [0.15, 0.2) is 17.3 Å². The number of nitrogens with one attached hydrogen (secondary N) is 1. The van der Waals surface area contributed by atoms with Gasteiger partial charge >= 0.3 is 0 Å². The Bertz CT molecular complexity index is 1360. The van der Waals surface area contributed by atoms with E-state index in [1.807, 2.05) is 24.3 Å². The molecule has 1 aliphatic heterocycles. The molecule has 4 aromatic rings. The van der Waals surface area contributed by atoms with E-state index in [1.165, 1.54) is 0 Å². The molecule has 11 heteroatoms. The molecule has 0 bridgehead atoms. The van der Waals surface area contributed by atoms with Gasteiger partial charge in [0.2, 0.25) is 0 Å². The molecule has 3 aromatic heterocycles. The standard InChI is InChI=1S/C25H30N6O5/c1-16(2)23(24-27-28-29-31(24)15-19-5-3-8-34-19)30(6-4-7-32)14-18-11-17-12-21-22(36-10-9-35-21)13-20(17)26-25(18)33/h3,5,8,11-13,16,23,32H,4,6-7,9-10,14-15H2,1-2H3,(H,26,33). The summed E-state index contributed by atoms with van der Waals surface area (Å²) in [5.41, 5.74) is 1.12. The molecule has 2 N–H and O–H groups in total. The molecule has 1 aliphatic rings. The van der Waals surface area contributed by atoms with E-state index in [-0.39, 0.29) is 24.1 Å². The fraction of sp³-hybridized carbons (Fsp3) is 0.440. The van der Waals surface area contributed by atoms with Gasteiger partial charge in [0.05, 0.1) is 17.8 Å². The summed E-state index contributed by atoms with van der Waals surface area (Å²) in [4.78, 5) is 18.2. The maximum Gasteiger partial charge on any atom is 0.252 e. The number of fused-ring (bicyclic) bond motifs is 2. The number of aromatic nitrogens is 5. The summed E-state index contributed by atoms with van der Waals surface area (Å²) in [5.74, 6) is 2.85. The first-order chi connectivity index (χ1) is 17.5. The maximum atomic E-state index is 13.1. The average Bonchev–Trinajstić information content (AvgIpc) is 3.54. The molecule has 11 nitrogen and oxygen atoms in total. The van der Waals surface area contributed by atoms with Gasteiger partial charge in [0, 0.05) is 36.7 Å². The van der Waals surface area contributed by atoms with Gasteiger partial charge in [-0.05, 0) is 47.0 Å². The number of aliphatic hydroxyl groups is 1. The van der Waals surface area contributed by atoms with E-state index in [9.17, 15) is 9.90 Å². The fourth-order valence-corrected chi connectivity index (χ4v) is 4.68. The first-order valence-electron chi connectivity index (χ1n) is 12.1. The topological polar surface area (TPSA) is 132 Å². The summed E-state index contributed by atoms with van der Waals surface area (Å²) < 4.78 is 18.6. The highest BCUT2D eigenvalue weighted by molar-refractivity contribution is 5.83. The third kappa shape index (κ3) is 4.98. The van der Waals surface area contributed by atoms with Gasteiger partial charge in [-0.1, -0.05) is 13.8 Å². The molecule has 0 radical (unpaired) electrons. The molecule has 0 fully saturated rings. The SMILES string of the molecule is CC(C)C(c1nnnn1Cc1ccco1)N(CCCO)Cc1cc2cc3c(cc2[nH]c1=O)OCCO3. The second kappa shape index (κ2) is 10.5. The van der Waals surface area contributed by atoms with Crippen molar-refractivity contribution in [2.45, 2.75) is 39.4 Å². The van der Waals surface area contributed by atoms with Crippen molar-refractivity contribution in [2.75, 3.05) is 26.4 Å². The Labute approximate surface area is 207 Å². The Hall–Kier alpha value is -3.70. The van der Waals surface area contributed by atoms with E-state index in [0.29, 0.717) is 67.7 Å². The quantitative estimate of drug-likeness (QED) is 0.341. The number of nitrogens with zero attached hydrogens (tertiary/aromatic N) is 5. The molecule has 0 amide bonds. The van der Waals surface area contributed by atoms with Gasteiger partial charge in [-0.3, -0.25) is 9.69 Å². The van der Waals surface area contributed by atoms with E-state index in [0.717, 1.165) is 11.1 Å². The highest BCUT2D eigenvalue weighted by Crippen LogP contribution is 2.34. The minimum Gasteiger partial charge on any atom is -0.486 e. The van der Waals surface area contributed by atoms with Gasteiger partial charge in [0.25, 0.3) is 5.56 Å². The fourth-order valence-electron chi connectivity index (χ4n) is 4.68. The van der Waals surface area contributed by atoms with E-state index >= 15 is 0 Å². The van der Waals surface area contributed by atoms with E-state index in [2.05, 4.69) is 39.3 Å². The summed E-state index contributed by atoms with van der Waals surface area (Å²) >= 11 is 0. The van der Waals surface area contributed by atoms with Gasteiger partial charge in [-0.25, -0.2) is 4.68 Å². The molecule has 4 heterocycles. The van der Waals surface area contributed by atoms with Crippen molar-refractivity contribution in [3.05, 3.63) is 64.1 Å². The molecule has 5 rings (SSSR count). The third-order valence-electron chi connectivity index (χ3n) is 6.30. The summed E-state index contributed by atoms with van der Waals surface area (Å²) in [6, 6.07) is 9.09. The van der Waals surface area contributed by atoms with E-state index < -0.39 is 0 Å². The third-order valence-corrected chi connectivity index (χ3v) is 6.30. The molecule has 190 valence electrons. The van der Waals surface area contributed by atoms with Gasteiger partial charge in [0.1, 0.15) is 25.5 Å². The minimum atomic E-state index is -0.197. The summed E-state index contributed by atoms with van der Waals surface area (Å²) in [7, 11) is 0. The molecular formula is C25H30N6O5. The van der Waals surface area contributed by atoms with Crippen molar-refractivity contribution >= 4 is 10.9 Å². The lowest BCUT2D eigenvalue weighted by atomic mass is 10.00. The smallest absolute Gasteiger partial charge is 0.252 e. The lowest BCUT2D eigenvalue weighted by Gasteiger charge is -2.33. The van der Waals surface area contributed by atoms with Gasteiger partial charge in [-0.2, -0.15) is 0 Å². The van der Waals surface area contributed by atoms with Crippen molar-refractivity contribution in [2.24, 2.45) is 5.92 Å². The zero-order chi connectivity index (χ0) is 25.1. The number of benzene rings is 1. The van der Waals surface area contributed by atoms with Crippen LogP contribution in [-0.2, 0) is 13.1 Å². The number of aromatic amines is 1. The molecule has 0 spiro atoms. The lowest BCUT2D eigenvalue weighted by molar-refractivity contribution is 0.122. The van der Waals surface area contributed by atoms with Crippen LogP contribution in [0, 0.1) is 5.92 Å². The molecule has 0 saturated heterocycles. The number of hydrogen-bond acceptors (Lipinski definition) is 9. The van der Waals surface area contributed by atoms with Gasteiger partial charge in [-0.15, -0.1) is 5.10 Å². The number of H-pyrrole nitrogens is 1. The zero-order valence-electron chi connectivity index (χ0n) is 20.4. The molecule has 0 aliphatic carbocycles. The van der Waals surface area contributed by atoms with Crippen molar-refractivity contribution in [1.29, 1.82) is 0 Å². The van der Waals surface area contributed by atoms with Crippen LogP contribution >= 0.6 is 0 Å². The van der Waals surface area contributed by atoms with Crippen LogP contribution in [0.2, 0.25) is 0 Å². The number of pyridine rings is 1. The average molecular weight is 495 g/mol. The largest absolute Gasteiger partial charge is 0.486 e. The zero-order valence-corrected chi connectivity index (χ0v) is 20.4. The Morgan fingerprint density at radius 1 is 1.19 bits per heavy atom. The number of tetrazole rings is 1. The lowest BCUT2D eigenvalue weighted by Crippen LogP contribution is -2.36. The van der Waals surface area contributed by atoms with Crippen LogP contribution in [0.15, 0.2) is 45.8 Å². The first-order valence-corrected chi connectivity index (χ1v) is 12.1. The highest BCUT2D eigenvalue weighted by Gasteiger charge is 2.30. The molecule has 1 aromatic carbocycles. The van der Waals surface area contributed by atoms with Crippen LogP contribution in [0.3, 0.4) is 0 Å². The van der Waals surface area contributed by atoms with Crippen molar-refractivity contribution in [3.63, 3.8) is 0 Å². The number of hydrogen-bond donors (Lipinski definition) is 2. The number of furan rings is 1. The Morgan fingerprint density at radius 2 is 2.00 bits per heavy atom. The molecule has 36 heavy (non-hydrogen) atoms. The van der Waals surface area contributed by atoms with E-state index in [4.69, 9.17) is 13.9 Å². The first kappa shape index (κ1) is 24.0. The number of rotatable bonds is 10. The van der Waals surface area contributed by atoms with Crippen LogP contribution in [0.1, 0.15) is 43.5 Å². The van der Waals surface area contributed by atoms with E-state index in [1.54, 1.807) is 17.0 Å². The Morgan fingerprint density at radius 3 is 2.72 bits per heavy atom. The monoisotopic (exact) mass is 494 g/mol. The maximum absolute atomic E-state index is 13.1. The van der Waals surface area contributed by atoms with Gasteiger partial charge < -0.3 is 24.0 Å². The normalized spacial score (nSPS) is 14.1. The summed E-state index contributed by atoms with van der Waals surface area (Å²) in [5, 5.41) is 22.9. The van der Waals surface area contributed by atoms with Crippen LogP contribution in [0.25, 0.3) is 10.9 Å². The molecule has 0 saturated carbocycles. The predicted octanol–water partition coefficient (Wildman–Crippen LogP) is 2.51. The Balaban J connectivity index is 1.49. The van der Waals surface area contributed by atoms with Crippen molar-refractivity contribution in [3.8, 4) is 11.5 Å². The Kier molecular flexibility index (Phi) is 7.01. The number of ether oxygens (including phenoxy) is 2. The van der Waals surface area contributed by atoms with Crippen molar-refractivity contribution < 1.29 is 19.0 Å². The molecule has 1 unspecified atom stereocenters. The summed E-state index contributed by atoms with van der Waals surface area (Å²) in [6.07, 6.45) is 2.17. The predicted molar refractivity (Wildman–Crippen MR) is 131 cm³/mol. The summed E-state index contributed by atoms with van der Waals surface area (Å²) in [6.45, 7) is 6.52. The number of aliphatic hydroxyl groups excluding tert-OH is 1. The van der Waals surface area contributed by atoms with Crippen LogP contribution in [-0.4, -0.2) is 61.6 Å². The highest BCUT2D eigenvalue weighted by atomic mass is 16.6. The van der Waals surface area contributed by atoms with Crippen LogP contribution in [0.4, 0.5) is 0 Å². The van der Waals surface area contributed by atoms with Crippen LogP contribution < -0.4 is 15.0 Å². The second-order valence-electron chi connectivity index (χ2n) is 9.22. The molecule has 1 atom stereocenters. The van der Waals surface area contributed by atoms with Crippen molar-refractivity contribution in [1.82, 2.24) is 30.1 Å². The second-order valence-corrected chi connectivity index (χ2v) is 9.22. The van der Waals surface area contributed by atoms with Crippen LogP contribution in [0.5, 0.6) is 11.5 Å². The molecular weight excluding hydrogens is 464 g/mol. The minimum absolute atomic E-state index is 0.0379.